The van der Waals surface area contributed by atoms with Gasteiger partial charge in [-0.25, -0.2) is 0 Å². The summed E-state index contributed by atoms with van der Waals surface area (Å²) in [5.74, 6) is 1.37. The summed E-state index contributed by atoms with van der Waals surface area (Å²) in [6, 6.07) is 5.60. The predicted molar refractivity (Wildman–Crippen MR) is 65.5 cm³/mol. The third kappa shape index (κ3) is 2.90. The van der Waals surface area contributed by atoms with E-state index >= 15 is 0 Å². The standard InChI is InChI=1S/C13H19NO3/c1-14-8-11(15)10-4-3-5-12(16-2)13(10)17-9-6-7-9/h3-5,9,11,14-15H,6-8H2,1-2H3. The maximum absolute atomic E-state index is 10.1. The number of likely N-dealkylation sites (N-methyl/N-ethyl adjacent to an activating group) is 1. The van der Waals surface area contributed by atoms with E-state index in [9.17, 15) is 5.11 Å². The van der Waals surface area contributed by atoms with Crippen molar-refractivity contribution in [1.29, 1.82) is 0 Å². The molecule has 0 aromatic heterocycles. The third-order valence-electron chi connectivity index (χ3n) is 2.79. The number of ether oxygens (including phenoxy) is 2. The van der Waals surface area contributed by atoms with Gasteiger partial charge in [-0.1, -0.05) is 12.1 Å². The molecule has 0 bridgehead atoms. The Bertz CT molecular complexity index is 377. The monoisotopic (exact) mass is 237 g/mol. The van der Waals surface area contributed by atoms with Crippen LogP contribution in [-0.2, 0) is 0 Å². The van der Waals surface area contributed by atoms with Crippen molar-refractivity contribution in [1.82, 2.24) is 5.32 Å². The molecule has 1 aliphatic rings. The highest BCUT2D eigenvalue weighted by Crippen LogP contribution is 2.38. The van der Waals surface area contributed by atoms with E-state index < -0.39 is 6.10 Å². The van der Waals surface area contributed by atoms with Gasteiger partial charge in [0.15, 0.2) is 11.5 Å². The van der Waals surface area contributed by atoms with Gasteiger partial charge in [0.2, 0.25) is 0 Å². The van der Waals surface area contributed by atoms with Crippen LogP contribution in [0.1, 0.15) is 24.5 Å². The number of rotatable bonds is 6. The minimum Gasteiger partial charge on any atom is -0.493 e. The first-order chi connectivity index (χ1) is 8.26. The molecule has 4 heteroatoms. The quantitative estimate of drug-likeness (QED) is 0.787. The van der Waals surface area contributed by atoms with Gasteiger partial charge in [-0.15, -0.1) is 0 Å². The summed E-state index contributed by atoms with van der Waals surface area (Å²) in [6.45, 7) is 0.494. The van der Waals surface area contributed by atoms with Crippen LogP contribution in [0.2, 0.25) is 0 Å². The Morgan fingerprint density at radius 1 is 1.47 bits per heavy atom. The van der Waals surface area contributed by atoms with Crippen LogP contribution in [0, 0.1) is 0 Å². The van der Waals surface area contributed by atoms with Crippen LogP contribution in [0.3, 0.4) is 0 Å². The lowest BCUT2D eigenvalue weighted by Gasteiger charge is -2.18. The summed E-state index contributed by atoms with van der Waals surface area (Å²) in [5, 5.41) is 13.0. The van der Waals surface area contributed by atoms with E-state index in [0.717, 1.165) is 18.4 Å². The van der Waals surface area contributed by atoms with Crippen LogP contribution in [0.5, 0.6) is 11.5 Å². The lowest BCUT2D eigenvalue weighted by molar-refractivity contribution is 0.168. The molecule has 2 N–H and O–H groups in total. The zero-order valence-corrected chi connectivity index (χ0v) is 10.3. The van der Waals surface area contributed by atoms with Gasteiger partial charge < -0.3 is 19.9 Å². The Morgan fingerprint density at radius 2 is 2.24 bits per heavy atom. The molecule has 0 amide bonds. The maximum Gasteiger partial charge on any atom is 0.167 e. The van der Waals surface area contributed by atoms with Crippen LogP contribution >= 0.6 is 0 Å². The summed E-state index contributed by atoms with van der Waals surface area (Å²) in [7, 11) is 3.42. The molecule has 1 aliphatic carbocycles. The zero-order valence-electron chi connectivity index (χ0n) is 10.3. The predicted octanol–water partition coefficient (Wildman–Crippen LogP) is 1.49. The highest BCUT2D eigenvalue weighted by Gasteiger charge is 2.27. The van der Waals surface area contributed by atoms with E-state index in [4.69, 9.17) is 9.47 Å². The molecule has 1 fully saturated rings. The molecule has 2 rings (SSSR count). The first-order valence-electron chi connectivity index (χ1n) is 5.92. The van der Waals surface area contributed by atoms with Gasteiger partial charge in [0.05, 0.1) is 19.3 Å². The molecule has 4 nitrogen and oxygen atoms in total. The van der Waals surface area contributed by atoms with Crippen LogP contribution in [0.25, 0.3) is 0 Å². The number of hydrogen-bond donors (Lipinski definition) is 2. The molecule has 1 aromatic carbocycles. The molecule has 0 radical (unpaired) electrons. The van der Waals surface area contributed by atoms with Crippen molar-refractivity contribution in [3.8, 4) is 11.5 Å². The highest BCUT2D eigenvalue weighted by molar-refractivity contribution is 5.48. The van der Waals surface area contributed by atoms with Gasteiger partial charge in [0.1, 0.15) is 0 Å². The van der Waals surface area contributed by atoms with Gasteiger partial charge in [0.25, 0.3) is 0 Å². The van der Waals surface area contributed by atoms with Gasteiger partial charge >= 0.3 is 0 Å². The zero-order chi connectivity index (χ0) is 12.3. The van der Waals surface area contributed by atoms with Crippen LogP contribution in [-0.4, -0.2) is 31.9 Å². The summed E-state index contributed by atoms with van der Waals surface area (Å²) < 4.78 is 11.1. The van der Waals surface area contributed by atoms with E-state index in [1.165, 1.54) is 0 Å². The Morgan fingerprint density at radius 3 is 2.82 bits per heavy atom. The largest absolute Gasteiger partial charge is 0.493 e. The molecular weight excluding hydrogens is 218 g/mol. The number of methoxy groups -OCH3 is 1. The van der Waals surface area contributed by atoms with Gasteiger partial charge in [-0.3, -0.25) is 0 Å². The second-order valence-corrected chi connectivity index (χ2v) is 4.27. The van der Waals surface area contributed by atoms with E-state index in [0.29, 0.717) is 18.0 Å². The minimum absolute atomic E-state index is 0.284. The fourth-order valence-corrected chi connectivity index (χ4v) is 1.74. The van der Waals surface area contributed by atoms with Gasteiger partial charge in [-0.05, 0) is 26.0 Å². The number of aliphatic hydroxyl groups excluding tert-OH is 1. The minimum atomic E-state index is -0.580. The Balaban J connectivity index is 2.27. The van der Waals surface area contributed by atoms with Crippen molar-refractivity contribution in [2.75, 3.05) is 20.7 Å². The molecule has 0 heterocycles. The van der Waals surface area contributed by atoms with Crippen molar-refractivity contribution in [3.63, 3.8) is 0 Å². The van der Waals surface area contributed by atoms with E-state index in [2.05, 4.69) is 5.32 Å². The molecular formula is C13H19NO3. The smallest absolute Gasteiger partial charge is 0.167 e. The molecule has 94 valence electrons. The summed E-state index contributed by atoms with van der Waals surface area (Å²) >= 11 is 0. The van der Waals surface area contributed by atoms with E-state index in [1.54, 1.807) is 7.11 Å². The molecule has 17 heavy (non-hydrogen) atoms. The average molecular weight is 237 g/mol. The van der Waals surface area contributed by atoms with Crippen molar-refractivity contribution < 1.29 is 14.6 Å². The first-order valence-corrected chi connectivity index (χ1v) is 5.92. The Hall–Kier alpha value is -1.26. The van der Waals surface area contributed by atoms with Gasteiger partial charge in [0, 0.05) is 12.1 Å². The fourth-order valence-electron chi connectivity index (χ4n) is 1.74. The fraction of sp³-hybridized carbons (Fsp3) is 0.538. The number of nitrogens with one attached hydrogen (secondary N) is 1. The molecule has 1 unspecified atom stereocenters. The normalized spacial score (nSPS) is 16.6. The lowest BCUT2D eigenvalue weighted by Crippen LogP contribution is -2.18. The van der Waals surface area contributed by atoms with Crippen molar-refractivity contribution in [2.24, 2.45) is 0 Å². The summed E-state index contributed by atoms with van der Waals surface area (Å²) in [6.07, 6.45) is 1.87. The Kier molecular flexibility index (Phi) is 3.86. The summed E-state index contributed by atoms with van der Waals surface area (Å²) in [4.78, 5) is 0. The molecule has 0 saturated heterocycles. The second-order valence-electron chi connectivity index (χ2n) is 4.27. The lowest BCUT2D eigenvalue weighted by atomic mass is 10.1. The number of aliphatic hydroxyl groups is 1. The van der Waals surface area contributed by atoms with Crippen molar-refractivity contribution in [2.45, 2.75) is 25.0 Å². The second kappa shape index (κ2) is 5.38. The van der Waals surface area contributed by atoms with Crippen molar-refractivity contribution >= 4 is 0 Å². The number of para-hydroxylation sites is 1. The molecule has 1 saturated carbocycles. The van der Waals surface area contributed by atoms with Crippen molar-refractivity contribution in [3.05, 3.63) is 23.8 Å². The first kappa shape index (κ1) is 12.2. The average Bonchev–Trinajstić information content (AvgIpc) is 3.13. The summed E-state index contributed by atoms with van der Waals surface area (Å²) in [5.41, 5.74) is 0.783. The highest BCUT2D eigenvalue weighted by atomic mass is 16.5. The number of hydrogen-bond acceptors (Lipinski definition) is 4. The topological polar surface area (TPSA) is 50.7 Å². The molecule has 1 atom stereocenters. The third-order valence-corrected chi connectivity index (χ3v) is 2.79. The Labute approximate surface area is 102 Å². The molecule has 0 aliphatic heterocycles. The van der Waals surface area contributed by atoms with Crippen LogP contribution < -0.4 is 14.8 Å². The number of benzene rings is 1. The van der Waals surface area contributed by atoms with Gasteiger partial charge in [-0.2, -0.15) is 0 Å². The molecule has 1 aromatic rings. The van der Waals surface area contributed by atoms with E-state index in [1.807, 2.05) is 25.2 Å². The van der Waals surface area contributed by atoms with E-state index in [-0.39, 0.29) is 6.10 Å². The van der Waals surface area contributed by atoms with Crippen LogP contribution in [0.15, 0.2) is 18.2 Å². The molecule has 0 spiro atoms. The SMILES string of the molecule is CNCC(O)c1cccc(OC)c1OC1CC1. The maximum atomic E-state index is 10.1. The van der Waals surface area contributed by atoms with Crippen LogP contribution in [0.4, 0.5) is 0 Å².